The van der Waals surface area contributed by atoms with Crippen LogP contribution in [0.2, 0.25) is 0 Å². The highest BCUT2D eigenvalue weighted by Gasteiger charge is 2.16. The van der Waals surface area contributed by atoms with Crippen LogP contribution in [0.15, 0.2) is 41.8 Å². The second-order valence-electron chi connectivity index (χ2n) is 2.78. The van der Waals surface area contributed by atoms with Crippen molar-refractivity contribution in [1.82, 2.24) is 0 Å². The van der Waals surface area contributed by atoms with E-state index >= 15 is 0 Å². The number of rotatable bonds is 3. The van der Waals surface area contributed by atoms with Gasteiger partial charge in [0.2, 0.25) is 2.88 Å². The number of alkyl halides is 1. The third kappa shape index (κ3) is 2.72. The van der Waals surface area contributed by atoms with Crippen LogP contribution in [-0.4, -0.2) is 0 Å². The fourth-order valence-corrected chi connectivity index (χ4v) is 5.12. The molecule has 0 spiro atoms. The minimum atomic E-state index is 0.00329. The molecule has 2 rings (SSSR count). The van der Waals surface area contributed by atoms with Crippen LogP contribution in [0.1, 0.15) is 5.56 Å². The van der Waals surface area contributed by atoms with E-state index in [1.54, 1.807) is 0 Å². The first-order valence-corrected chi connectivity index (χ1v) is 7.79. The summed E-state index contributed by atoms with van der Waals surface area (Å²) in [5.74, 6) is 0.613. The molecule has 0 aliphatic rings. The highest BCUT2D eigenvalue weighted by Crippen LogP contribution is 2.01. The summed E-state index contributed by atoms with van der Waals surface area (Å²) in [6.45, 7) is 0. The molecule has 0 unspecified atom stereocenters. The Morgan fingerprint density at radius 2 is 2.14 bits per heavy atom. The van der Waals surface area contributed by atoms with Gasteiger partial charge in [0, 0.05) is 11.9 Å². The molecule has 72 valence electrons. The van der Waals surface area contributed by atoms with Crippen molar-refractivity contribution in [3.63, 3.8) is 0 Å². The van der Waals surface area contributed by atoms with Gasteiger partial charge in [-0.2, -0.15) is 0 Å². The van der Waals surface area contributed by atoms with E-state index in [1.165, 1.54) is 12.0 Å². The number of hydrogen-bond acceptors (Lipinski definition) is 1. The third-order valence-corrected chi connectivity index (χ3v) is 6.16. The molecule has 1 aromatic carbocycles. The third-order valence-electron chi connectivity index (χ3n) is 1.73. The van der Waals surface area contributed by atoms with Gasteiger partial charge in [0.1, 0.15) is 0 Å². The molecule has 0 atom stereocenters. The van der Waals surface area contributed by atoms with Gasteiger partial charge in [-0.3, -0.25) is 0 Å². The maximum Gasteiger partial charge on any atom is 0.369 e. The molecule has 3 heteroatoms. The van der Waals surface area contributed by atoms with Crippen molar-refractivity contribution in [3.05, 3.63) is 53.8 Å². The molecule has 0 N–H and O–H groups in total. The minimum absolute atomic E-state index is 0.00329. The van der Waals surface area contributed by atoms with E-state index in [0.29, 0.717) is 5.88 Å². The molecule has 0 bridgehead atoms. The van der Waals surface area contributed by atoms with Crippen LogP contribution < -0.4 is 21.2 Å². The zero-order valence-electron chi connectivity index (χ0n) is 7.41. The van der Waals surface area contributed by atoms with Gasteiger partial charge < -0.3 is 0 Å². The molecule has 0 saturated carbocycles. The summed E-state index contributed by atoms with van der Waals surface area (Å²) < 4.78 is 2.96. The maximum atomic E-state index is 5.80. The Labute approximate surface area is 103 Å². The zero-order chi connectivity index (χ0) is 9.80. The summed E-state index contributed by atoms with van der Waals surface area (Å²) in [5.41, 5.74) is 1.22. The summed E-state index contributed by atoms with van der Waals surface area (Å²) in [7, 11) is 0. The Hall–Kier alpha value is -0.0600. The van der Waals surface area contributed by atoms with E-state index in [0.717, 1.165) is 0 Å². The molecular weight excluding hydrogens is 327 g/mol. The van der Waals surface area contributed by atoms with Crippen molar-refractivity contribution in [2.24, 2.45) is 0 Å². The van der Waals surface area contributed by atoms with Gasteiger partial charge in [0.15, 0.2) is 3.57 Å². The van der Waals surface area contributed by atoms with Crippen molar-refractivity contribution in [3.8, 4) is 0 Å². The normalized spacial score (nSPS) is 10.4. The van der Waals surface area contributed by atoms with E-state index in [4.69, 9.17) is 11.6 Å². The fourth-order valence-electron chi connectivity index (χ4n) is 1.10. The minimum Gasteiger partial charge on any atom is -0.122 e. The van der Waals surface area contributed by atoms with Crippen molar-refractivity contribution in [2.75, 3.05) is 0 Å². The summed E-state index contributed by atoms with van der Waals surface area (Å²) in [6.07, 6.45) is 0. The smallest absolute Gasteiger partial charge is 0.122 e. The van der Waals surface area contributed by atoms with Crippen molar-refractivity contribution < 1.29 is 21.2 Å². The van der Waals surface area contributed by atoms with Crippen LogP contribution in [-0.2, 0) is 5.88 Å². The van der Waals surface area contributed by atoms with Crippen molar-refractivity contribution >= 4 is 22.9 Å². The molecule has 0 amide bonds. The molecule has 0 saturated heterocycles. The predicted molar refractivity (Wildman–Crippen MR) is 57.7 cm³/mol. The standard InChI is InChI=1S/C11H9ClIS/c12-8-9-3-1-4-10(7-9)13-11-5-2-6-14-11/h1-7H,8H2/q+1. The average Bonchev–Trinajstić information content (AvgIpc) is 2.71. The molecule has 1 heterocycles. The first-order valence-electron chi connectivity index (χ1n) is 4.22. The van der Waals surface area contributed by atoms with Gasteiger partial charge >= 0.3 is 21.2 Å². The van der Waals surface area contributed by atoms with E-state index < -0.39 is 0 Å². The molecular formula is C11H9ClIS+. The Balaban J connectivity index is 2.17. The van der Waals surface area contributed by atoms with Crippen LogP contribution in [0.25, 0.3) is 0 Å². The maximum absolute atomic E-state index is 5.80. The topological polar surface area (TPSA) is 0 Å². The van der Waals surface area contributed by atoms with Crippen molar-refractivity contribution in [1.29, 1.82) is 0 Å². The lowest BCUT2D eigenvalue weighted by Crippen LogP contribution is -3.61. The molecule has 1 aromatic heterocycles. The largest absolute Gasteiger partial charge is 0.369 e. The zero-order valence-corrected chi connectivity index (χ0v) is 11.1. The van der Waals surface area contributed by atoms with Crippen LogP contribution >= 0.6 is 22.9 Å². The Kier molecular flexibility index (Phi) is 3.84. The summed E-state index contributed by atoms with van der Waals surface area (Å²) in [5, 5.41) is 2.14. The summed E-state index contributed by atoms with van der Waals surface area (Å²) in [4.78, 5) is 0. The lowest BCUT2D eigenvalue weighted by Gasteiger charge is -1.91. The second kappa shape index (κ2) is 5.14. The number of thiophene rings is 1. The van der Waals surface area contributed by atoms with Crippen LogP contribution in [0, 0.1) is 6.45 Å². The number of benzene rings is 1. The quantitative estimate of drug-likeness (QED) is 0.570. The summed E-state index contributed by atoms with van der Waals surface area (Å²) in [6, 6.07) is 12.9. The molecule has 14 heavy (non-hydrogen) atoms. The van der Waals surface area contributed by atoms with E-state index in [-0.39, 0.29) is 21.2 Å². The van der Waals surface area contributed by atoms with Gasteiger partial charge in [-0.25, -0.2) is 0 Å². The molecule has 2 aromatic rings. The van der Waals surface area contributed by atoms with Gasteiger partial charge in [-0.15, -0.1) is 11.6 Å². The average molecular weight is 336 g/mol. The molecule has 0 aliphatic heterocycles. The van der Waals surface area contributed by atoms with Gasteiger partial charge in [-0.1, -0.05) is 23.5 Å². The highest BCUT2D eigenvalue weighted by atomic mass is 127. The first kappa shape index (κ1) is 10.5. The predicted octanol–water partition coefficient (Wildman–Crippen LogP) is 0.615. The molecule has 0 radical (unpaired) electrons. The molecule has 0 fully saturated rings. The van der Waals surface area contributed by atoms with Gasteiger partial charge in [-0.05, 0) is 29.1 Å². The summed E-state index contributed by atoms with van der Waals surface area (Å²) >= 11 is 7.65. The Morgan fingerprint density at radius 3 is 2.86 bits per heavy atom. The fraction of sp³-hybridized carbons (Fsp3) is 0.0909. The van der Waals surface area contributed by atoms with Gasteiger partial charge in [0.25, 0.3) is 0 Å². The van der Waals surface area contributed by atoms with E-state index in [1.807, 2.05) is 11.3 Å². The van der Waals surface area contributed by atoms with Gasteiger partial charge in [0.05, 0.1) is 0 Å². The molecule has 0 aliphatic carbocycles. The number of halogens is 2. The van der Waals surface area contributed by atoms with E-state index in [2.05, 4.69) is 41.8 Å². The highest BCUT2D eigenvalue weighted by molar-refractivity contribution is 7.07. The van der Waals surface area contributed by atoms with Crippen LogP contribution in [0.5, 0.6) is 0 Å². The first-order chi connectivity index (χ1) is 6.88. The van der Waals surface area contributed by atoms with E-state index in [9.17, 15) is 0 Å². The molecule has 0 nitrogen and oxygen atoms in total. The second-order valence-corrected chi connectivity index (χ2v) is 7.67. The van der Waals surface area contributed by atoms with Crippen LogP contribution in [0.3, 0.4) is 0 Å². The lowest BCUT2D eigenvalue weighted by molar-refractivity contribution is -0.591. The monoisotopic (exact) mass is 335 g/mol. The lowest BCUT2D eigenvalue weighted by atomic mass is 10.2. The van der Waals surface area contributed by atoms with Crippen LogP contribution in [0.4, 0.5) is 0 Å². The number of hydrogen-bond donors (Lipinski definition) is 0. The van der Waals surface area contributed by atoms with Crippen molar-refractivity contribution in [2.45, 2.75) is 5.88 Å². The Bertz CT molecular complexity index is 397. The SMILES string of the molecule is ClCc1cccc([I+]c2cccs2)c1. The Morgan fingerprint density at radius 1 is 1.21 bits per heavy atom.